The van der Waals surface area contributed by atoms with Crippen molar-refractivity contribution < 1.29 is 14.3 Å². The maximum absolute atomic E-state index is 12.8. The van der Waals surface area contributed by atoms with Crippen LogP contribution in [-0.2, 0) is 14.3 Å². The van der Waals surface area contributed by atoms with Crippen LogP contribution in [0.4, 0.5) is 0 Å². The van der Waals surface area contributed by atoms with Crippen molar-refractivity contribution >= 4 is 29.1 Å². The number of morpholine rings is 1. The summed E-state index contributed by atoms with van der Waals surface area (Å²) < 4.78 is 11.1. The summed E-state index contributed by atoms with van der Waals surface area (Å²) in [6.45, 7) is 2.56. The summed E-state index contributed by atoms with van der Waals surface area (Å²) in [6.07, 6.45) is 0.896. The van der Waals surface area contributed by atoms with E-state index in [4.69, 9.17) is 38.4 Å². The molecule has 1 amide bonds. The fourth-order valence-electron chi connectivity index (χ4n) is 3.01. The molecule has 2 heterocycles. The minimum atomic E-state index is -0.822. The Balaban J connectivity index is 1.72. The molecule has 0 saturated carbocycles. The molecule has 5 nitrogen and oxygen atoms in total. The van der Waals surface area contributed by atoms with Gasteiger partial charge < -0.3 is 20.1 Å². The van der Waals surface area contributed by atoms with Crippen LogP contribution in [0.1, 0.15) is 24.5 Å². The number of nitrogens with two attached hydrogens (primary N) is 1. The quantitative estimate of drug-likeness (QED) is 0.881. The van der Waals surface area contributed by atoms with Gasteiger partial charge in [-0.25, -0.2) is 0 Å². The number of rotatable bonds is 2. The normalized spacial score (nSPS) is 24.5. The number of benzene rings is 1. The molecular formula is C16H20Cl2N2O3. The lowest BCUT2D eigenvalue weighted by Gasteiger charge is -2.40. The van der Waals surface area contributed by atoms with Gasteiger partial charge >= 0.3 is 0 Å². The molecule has 1 unspecified atom stereocenters. The molecule has 2 saturated heterocycles. The van der Waals surface area contributed by atoms with Crippen molar-refractivity contribution in [3.05, 3.63) is 33.8 Å². The molecule has 0 radical (unpaired) electrons. The third kappa shape index (κ3) is 3.64. The van der Waals surface area contributed by atoms with E-state index in [1.165, 1.54) is 0 Å². The largest absolute Gasteiger partial charge is 0.381 e. The zero-order valence-corrected chi connectivity index (χ0v) is 14.3. The van der Waals surface area contributed by atoms with Crippen LogP contribution >= 0.6 is 23.2 Å². The molecule has 1 aromatic carbocycles. The molecule has 0 aliphatic carbocycles. The number of hydrogen-bond acceptors (Lipinski definition) is 4. The Hall–Kier alpha value is -0.850. The number of carbonyl (C=O) groups excluding carboxylic acids is 1. The Morgan fingerprint density at radius 2 is 1.96 bits per heavy atom. The van der Waals surface area contributed by atoms with Crippen LogP contribution in [0.25, 0.3) is 0 Å². The van der Waals surface area contributed by atoms with Crippen LogP contribution in [0.3, 0.4) is 0 Å². The first-order chi connectivity index (χ1) is 11.0. The van der Waals surface area contributed by atoms with Gasteiger partial charge in [-0.1, -0.05) is 29.3 Å². The predicted octanol–water partition coefficient (Wildman–Crippen LogP) is 2.40. The molecule has 0 aromatic heterocycles. The van der Waals surface area contributed by atoms with Gasteiger partial charge in [0, 0.05) is 19.8 Å². The van der Waals surface area contributed by atoms with Crippen molar-refractivity contribution in [3.63, 3.8) is 0 Å². The molecule has 3 rings (SSSR count). The summed E-state index contributed by atoms with van der Waals surface area (Å²) in [7, 11) is 0. The molecule has 0 bridgehead atoms. The zero-order valence-electron chi connectivity index (χ0n) is 12.8. The topological polar surface area (TPSA) is 64.8 Å². The van der Waals surface area contributed by atoms with Gasteiger partial charge in [-0.05, 0) is 30.5 Å². The Bertz CT molecular complexity index is 591. The van der Waals surface area contributed by atoms with Crippen LogP contribution in [0.15, 0.2) is 18.2 Å². The lowest BCUT2D eigenvalue weighted by atomic mass is 9.89. The average molecular weight is 359 g/mol. The third-order valence-corrected chi connectivity index (χ3v) is 5.22. The van der Waals surface area contributed by atoms with Crippen LogP contribution in [0, 0.1) is 0 Å². The molecule has 2 fully saturated rings. The second-order valence-corrected chi connectivity index (χ2v) is 6.87. The first kappa shape index (κ1) is 17.0. The Kier molecular flexibility index (Phi) is 5.13. The number of amides is 1. The first-order valence-corrected chi connectivity index (χ1v) is 8.48. The number of halogens is 2. The predicted molar refractivity (Wildman–Crippen MR) is 88.7 cm³/mol. The highest BCUT2D eigenvalue weighted by molar-refractivity contribution is 6.42. The van der Waals surface area contributed by atoms with Crippen molar-refractivity contribution in [2.24, 2.45) is 5.73 Å². The van der Waals surface area contributed by atoms with Crippen LogP contribution in [0.2, 0.25) is 10.0 Å². The van der Waals surface area contributed by atoms with Gasteiger partial charge in [0.05, 0.1) is 28.7 Å². The fraction of sp³-hybridized carbons (Fsp3) is 0.562. The van der Waals surface area contributed by atoms with Crippen molar-refractivity contribution in [2.45, 2.75) is 24.5 Å². The Morgan fingerprint density at radius 1 is 1.22 bits per heavy atom. The van der Waals surface area contributed by atoms with Gasteiger partial charge in [0.15, 0.2) is 0 Å². The maximum atomic E-state index is 12.8. The molecule has 2 aliphatic rings. The minimum Gasteiger partial charge on any atom is -0.381 e. The fourth-order valence-corrected chi connectivity index (χ4v) is 3.32. The number of ether oxygens (including phenoxy) is 2. The van der Waals surface area contributed by atoms with E-state index >= 15 is 0 Å². The van der Waals surface area contributed by atoms with Gasteiger partial charge in [0.1, 0.15) is 6.10 Å². The summed E-state index contributed by atoms with van der Waals surface area (Å²) in [5, 5.41) is 0.984. The second-order valence-electron chi connectivity index (χ2n) is 6.05. The molecular weight excluding hydrogens is 339 g/mol. The highest BCUT2D eigenvalue weighted by Crippen LogP contribution is 2.30. The van der Waals surface area contributed by atoms with Gasteiger partial charge in [0.2, 0.25) is 5.91 Å². The van der Waals surface area contributed by atoms with Crippen LogP contribution in [-0.4, -0.2) is 49.3 Å². The Labute approximate surface area is 145 Å². The van der Waals surface area contributed by atoms with Crippen molar-refractivity contribution in [2.75, 3.05) is 32.9 Å². The molecule has 1 atom stereocenters. The Morgan fingerprint density at radius 3 is 2.65 bits per heavy atom. The number of carbonyl (C=O) groups is 1. The lowest BCUT2D eigenvalue weighted by molar-refractivity contribution is -0.148. The standard InChI is InChI=1S/C16H20Cl2N2O3/c17-12-2-1-11(9-13(12)18)14-10-20(5-8-23-14)15(21)16(19)3-6-22-7-4-16/h1-2,9,14H,3-8,10,19H2. The third-order valence-electron chi connectivity index (χ3n) is 4.48. The summed E-state index contributed by atoms with van der Waals surface area (Å²) in [5.41, 5.74) is 6.40. The second kappa shape index (κ2) is 6.95. The molecule has 2 N–H and O–H groups in total. The maximum Gasteiger partial charge on any atom is 0.243 e. The number of hydrogen-bond donors (Lipinski definition) is 1. The van der Waals surface area contributed by atoms with E-state index in [1.54, 1.807) is 17.0 Å². The minimum absolute atomic E-state index is 0.0193. The van der Waals surface area contributed by atoms with Gasteiger partial charge in [-0.15, -0.1) is 0 Å². The van der Waals surface area contributed by atoms with E-state index in [9.17, 15) is 4.79 Å². The SMILES string of the molecule is NC1(C(=O)N2CCOC(c3ccc(Cl)c(Cl)c3)C2)CCOCC1. The van der Waals surface area contributed by atoms with E-state index in [0.29, 0.717) is 55.8 Å². The van der Waals surface area contributed by atoms with Crippen LogP contribution < -0.4 is 5.73 Å². The zero-order chi connectivity index (χ0) is 16.4. The van der Waals surface area contributed by atoms with E-state index in [1.807, 2.05) is 6.07 Å². The lowest BCUT2D eigenvalue weighted by Crippen LogP contribution is -2.60. The summed E-state index contributed by atoms with van der Waals surface area (Å²) in [5.74, 6) is -0.0193. The summed E-state index contributed by atoms with van der Waals surface area (Å²) in [6, 6.07) is 5.40. The molecule has 23 heavy (non-hydrogen) atoms. The molecule has 126 valence electrons. The molecule has 0 spiro atoms. The average Bonchev–Trinajstić information content (AvgIpc) is 2.57. The van der Waals surface area contributed by atoms with E-state index < -0.39 is 5.54 Å². The summed E-state index contributed by atoms with van der Waals surface area (Å²) >= 11 is 12.0. The van der Waals surface area contributed by atoms with Gasteiger partial charge in [-0.3, -0.25) is 4.79 Å². The van der Waals surface area contributed by atoms with E-state index in [0.717, 1.165) is 5.56 Å². The summed E-state index contributed by atoms with van der Waals surface area (Å²) in [4.78, 5) is 14.6. The highest BCUT2D eigenvalue weighted by atomic mass is 35.5. The monoisotopic (exact) mass is 358 g/mol. The van der Waals surface area contributed by atoms with Crippen molar-refractivity contribution in [1.82, 2.24) is 4.90 Å². The van der Waals surface area contributed by atoms with Gasteiger partial charge in [0.25, 0.3) is 0 Å². The molecule has 7 heteroatoms. The smallest absolute Gasteiger partial charge is 0.243 e. The highest BCUT2D eigenvalue weighted by Gasteiger charge is 2.40. The van der Waals surface area contributed by atoms with E-state index in [2.05, 4.69) is 0 Å². The first-order valence-electron chi connectivity index (χ1n) is 7.72. The molecule has 2 aliphatic heterocycles. The van der Waals surface area contributed by atoms with Gasteiger partial charge in [-0.2, -0.15) is 0 Å². The number of nitrogens with zero attached hydrogens (tertiary/aromatic N) is 1. The molecule has 1 aromatic rings. The van der Waals surface area contributed by atoms with Crippen molar-refractivity contribution in [1.29, 1.82) is 0 Å². The van der Waals surface area contributed by atoms with Crippen LogP contribution in [0.5, 0.6) is 0 Å². The van der Waals surface area contributed by atoms with Crippen molar-refractivity contribution in [3.8, 4) is 0 Å². The van der Waals surface area contributed by atoms with E-state index in [-0.39, 0.29) is 12.0 Å².